The highest BCUT2D eigenvalue weighted by molar-refractivity contribution is 5.97. The summed E-state index contributed by atoms with van der Waals surface area (Å²) in [4.78, 5) is 23.6. The predicted octanol–water partition coefficient (Wildman–Crippen LogP) is 2.69. The zero-order valence-electron chi connectivity index (χ0n) is 13.9. The molecule has 0 aliphatic rings. The average Bonchev–Trinajstić information content (AvgIpc) is 2.38. The third kappa shape index (κ3) is 5.85. The highest BCUT2D eigenvalue weighted by Gasteiger charge is 2.22. The van der Waals surface area contributed by atoms with Gasteiger partial charge in [0.25, 0.3) is 5.91 Å². The number of ether oxygens (including phenoxy) is 1. The van der Waals surface area contributed by atoms with Crippen molar-refractivity contribution >= 4 is 11.9 Å². The van der Waals surface area contributed by atoms with Crippen molar-refractivity contribution in [3.8, 4) is 0 Å². The summed E-state index contributed by atoms with van der Waals surface area (Å²) in [6, 6.07) is 4.56. The molecule has 5 heteroatoms. The van der Waals surface area contributed by atoms with Crippen LogP contribution in [0.4, 0.5) is 0 Å². The topological polar surface area (TPSA) is 75.6 Å². The zero-order valence-corrected chi connectivity index (χ0v) is 13.9. The van der Waals surface area contributed by atoms with E-state index in [0.717, 1.165) is 11.1 Å². The van der Waals surface area contributed by atoms with Crippen LogP contribution in [-0.2, 0) is 9.53 Å². The Morgan fingerprint density at radius 2 is 1.91 bits per heavy atom. The Morgan fingerprint density at radius 3 is 2.45 bits per heavy atom. The van der Waals surface area contributed by atoms with E-state index in [9.17, 15) is 14.7 Å². The van der Waals surface area contributed by atoms with E-state index >= 15 is 0 Å². The highest BCUT2D eigenvalue weighted by Crippen LogP contribution is 2.12. The Hall–Kier alpha value is -1.88. The number of hydrogen-bond acceptors (Lipinski definition) is 3. The van der Waals surface area contributed by atoms with E-state index in [1.165, 1.54) is 0 Å². The van der Waals surface area contributed by atoms with Crippen LogP contribution in [-0.4, -0.2) is 35.2 Å². The summed E-state index contributed by atoms with van der Waals surface area (Å²) in [7, 11) is 0. The molecule has 1 unspecified atom stereocenters. The smallest absolute Gasteiger partial charge is 0.326 e. The molecule has 1 aromatic carbocycles. The summed E-state index contributed by atoms with van der Waals surface area (Å²) in [6.45, 7) is 9.69. The Morgan fingerprint density at radius 1 is 1.27 bits per heavy atom. The van der Waals surface area contributed by atoms with E-state index in [-0.39, 0.29) is 24.5 Å². The Labute approximate surface area is 131 Å². The summed E-state index contributed by atoms with van der Waals surface area (Å²) < 4.78 is 5.53. The SMILES string of the molecule is Cc1ccc(C)c(C(=O)NC(CCOC(C)(C)C)C(=O)O)c1. The van der Waals surface area contributed by atoms with Gasteiger partial charge in [-0.3, -0.25) is 4.79 Å². The van der Waals surface area contributed by atoms with Crippen molar-refractivity contribution in [1.29, 1.82) is 0 Å². The molecule has 5 nitrogen and oxygen atoms in total. The summed E-state index contributed by atoms with van der Waals surface area (Å²) in [5.74, 6) is -1.43. The minimum Gasteiger partial charge on any atom is -0.480 e. The molecule has 1 rings (SSSR count). The quantitative estimate of drug-likeness (QED) is 0.847. The normalized spacial score (nSPS) is 12.8. The number of aliphatic carboxylic acids is 1. The van der Waals surface area contributed by atoms with Crippen LogP contribution in [0.15, 0.2) is 18.2 Å². The van der Waals surface area contributed by atoms with Gasteiger partial charge in [0.05, 0.1) is 5.60 Å². The van der Waals surface area contributed by atoms with E-state index in [2.05, 4.69) is 5.32 Å². The number of benzene rings is 1. The number of aryl methyl sites for hydroxylation is 2. The van der Waals surface area contributed by atoms with E-state index in [1.807, 2.05) is 46.8 Å². The number of carbonyl (C=O) groups is 2. The van der Waals surface area contributed by atoms with Crippen molar-refractivity contribution in [2.75, 3.05) is 6.61 Å². The van der Waals surface area contributed by atoms with Gasteiger partial charge in [0, 0.05) is 18.6 Å². The standard InChI is InChI=1S/C17H25NO4/c1-11-6-7-12(2)13(10-11)15(19)18-14(16(20)21)8-9-22-17(3,4)5/h6-7,10,14H,8-9H2,1-5H3,(H,18,19)(H,20,21). The molecule has 0 fully saturated rings. The van der Waals surface area contributed by atoms with E-state index in [1.54, 1.807) is 6.07 Å². The molecule has 0 aromatic heterocycles. The molecule has 0 aliphatic carbocycles. The second-order valence-corrected chi connectivity index (χ2v) is 6.43. The largest absolute Gasteiger partial charge is 0.480 e. The first-order valence-electron chi connectivity index (χ1n) is 7.35. The first kappa shape index (κ1) is 18.2. The molecular formula is C17H25NO4. The first-order valence-corrected chi connectivity index (χ1v) is 7.35. The van der Waals surface area contributed by atoms with Gasteiger partial charge in [0.15, 0.2) is 0 Å². The Balaban J connectivity index is 2.72. The van der Waals surface area contributed by atoms with E-state index in [4.69, 9.17) is 4.74 Å². The van der Waals surface area contributed by atoms with Crippen LogP contribution in [0.2, 0.25) is 0 Å². The lowest BCUT2D eigenvalue weighted by Crippen LogP contribution is -2.42. The maximum absolute atomic E-state index is 12.3. The van der Waals surface area contributed by atoms with Gasteiger partial charge in [-0.1, -0.05) is 17.7 Å². The number of rotatable bonds is 6. The van der Waals surface area contributed by atoms with E-state index in [0.29, 0.717) is 5.56 Å². The summed E-state index contributed by atoms with van der Waals surface area (Å²) >= 11 is 0. The number of carboxylic acid groups (broad SMARTS) is 1. The van der Waals surface area contributed by atoms with Crippen LogP contribution in [0.25, 0.3) is 0 Å². The maximum atomic E-state index is 12.3. The molecule has 0 spiro atoms. The molecule has 0 saturated heterocycles. The molecule has 0 radical (unpaired) electrons. The maximum Gasteiger partial charge on any atom is 0.326 e. The van der Waals surface area contributed by atoms with Crippen LogP contribution in [0.5, 0.6) is 0 Å². The predicted molar refractivity (Wildman–Crippen MR) is 85.1 cm³/mol. The summed E-state index contributed by atoms with van der Waals surface area (Å²) in [6.07, 6.45) is 0.225. The molecule has 0 saturated carbocycles. The second-order valence-electron chi connectivity index (χ2n) is 6.43. The molecule has 122 valence electrons. The minimum absolute atomic E-state index is 0.225. The van der Waals surface area contributed by atoms with Crippen molar-refractivity contribution in [3.63, 3.8) is 0 Å². The van der Waals surface area contributed by atoms with Crippen molar-refractivity contribution < 1.29 is 19.4 Å². The van der Waals surface area contributed by atoms with Gasteiger partial charge in [-0.05, 0) is 46.2 Å². The van der Waals surface area contributed by atoms with Gasteiger partial charge in [-0.15, -0.1) is 0 Å². The van der Waals surface area contributed by atoms with Crippen LogP contribution >= 0.6 is 0 Å². The molecule has 2 N–H and O–H groups in total. The van der Waals surface area contributed by atoms with Crippen LogP contribution < -0.4 is 5.32 Å². The number of carbonyl (C=O) groups excluding carboxylic acids is 1. The first-order chi connectivity index (χ1) is 10.1. The minimum atomic E-state index is -1.06. The van der Waals surface area contributed by atoms with Crippen LogP contribution in [0, 0.1) is 13.8 Å². The van der Waals surface area contributed by atoms with Crippen molar-refractivity contribution in [2.24, 2.45) is 0 Å². The van der Waals surface area contributed by atoms with Crippen LogP contribution in [0.3, 0.4) is 0 Å². The monoisotopic (exact) mass is 307 g/mol. The molecule has 1 amide bonds. The average molecular weight is 307 g/mol. The lowest BCUT2D eigenvalue weighted by Gasteiger charge is -2.21. The summed E-state index contributed by atoms with van der Waals surface area (Å²) in [5.41, 5.74) is 1.94. The van der Waals surface area contributed by atoms with Crippen molar-refractivity contribution in [3.05, 3.63) is 34.9 Å². The van der Waals surface area contributed by atoms with Gasteiger partial charge < -0.3 is 15.2 Å². The van der Waals surface area contributed by atoms with Crippen LogP contribution in [0.1, 0.15) is 48.7 Å². The second kappa shape index (κ2) is 7.40. The van der Waals surface area contributed by atoms with Gasteiger partial charge in [-0.2, -0.15) is 0 Å². The number of hydrogen-bond donors (Lipinski definition) is 2. The van der Waals surface area contributed by atoms with Gasteiger partial charge in [0.2, 0.25) is 0 Å². The van der Waals surface area contributed by atoms with Crippen molar-refractivity contribution in [2.45, 2.75) is 52.7 Å². The zero-order chi connectivity index (χ0) is 16.9. The fourth-order valence-corrected chi connectivity index (χ4v) is 1.96. The molecule has 0 aliphatic heterocycles. The number of carboxylic acids is 1. The lowest BCUT2D eigenvalue weighted by molar-refractivity contribution is -0.140. The fourth-order valence-electron chi connectivity index (χ4n) is 1.96. The van der Waals surface area contributed by atoms with Gasteiger partial charge >= 0.3 is 5.97 Å². The third-order valence-corrected chi connectivity index (χ3v) is 3.18. The van der Waals surface area contributed by atoms with E-state index < -0.39 is 12.0 Å². The summed E-state index contributed by atoms with van der Waals surface area (Å²) in [5, 5.41) is 11.8. The third-order valence-electron chi connectivity index (χ3n) is 3.18. The molecule has 22 heavy (non-hydrogen) atoms. The molecular weight excluding hydrogens is 282 g/mol. The van der Waals surface area contributed by atoms with Gasteiger partial charge in [0.1, 0.15) is 6.04 Å². The van der Waals surface area contributed by atoms with Crippen molar-refractivity contribution in [1.82, 2.24) is 5.32 Å². The Kier molecular flexibility index (Phi) is 6.11. The Bertz CT molecular complexity index is 546. The van der Waals surface area contributed by atoms with Gasteiger partial charge in [-0.25, -0.2) is 4.79 Å². The highest BCUT2D eigenvalue weighted by atomic mass is 16.5. The number of amides is 1. The number of nitrogens with one attached hydrogen (secondary N) is 1. The molecule has 1 atom stereocenters. The molecule has 0 bridgehead atoms. The lowest BCUT2D eigenvalue weighted by atomic mass is 10.0. The molecule has 0 heterocycles. The fraction of sp³-hybridized carbons (Fsp3) is 0.529. The molecule has 1 aromatic rings.